The van der Waals surface area contributed by atoms with Crippen molar-refractivity contribution in [3.63, 3.8) is 0 Å². The molecule has 7 nitrogen and oxygen atoms in total. The number of halogens is 3. The summed E-state index contributed by atoms with van der Waals surface area (Å²) >= 11 is 0. The van der Waals surface area contributed by atoms with Crippen LogP contribution >= 0.6 is 0 Å². The van der Waals surface area contributed by atoms with Crippen LogP contribution in [0, 0.1) is 13.8 Å². The molecule has 4 aromatic rings. The highest BCUT2D eigenvalue weighted by Crippen LogP contribution is 2.33. The first-order valence-corrected chi connectivity index (χ1v) is 16.5. The molecule has 1 atom stereocenters. The zero-order chi connectivity index (χ0) is 34.4. The van der Waals surface area contributed by atoms with E-state index in [1.807, 2.05) is 55.5 Å². The van der Waals surface area contributed by atoms with Gasteiger partial charge in [-0.05, 0) is 69.2 Å². The fourth-order valence-electron chi connectivity index (χ4n) is 5.15. The van der Waals surface area contributed by atoms with Crippen LogP contribution in [-0.4, -0.2) is 43.8 Å². The highest BCUT2D eigenvalue weighted by Gasteiger charge is 2.36. The van der Waals surface area contributed by atoms with E-state index in [0.717, 1.165) is 28.8 Å². The summed E-state index contributed by atoms with van der Waals surface area (Å²) in [5.74, 6) is -1.21. The Morgan fingerprint density at radius 2 is 1.43 bits per heavy atom. The predicted molar refractivity (Wildman–Crippen MR) is 176 cm³/mol. The number of hydrogen-bond donors (Lipinski definition) is 1. The van der Waals surface area contributed by atoms with Gasteiger partial charge in [0.2, 0.25) is 11.8 Å². The average Bonchev–Trinajstić information content (AvgIpc) is 3.01. The molecule has 1 unspecified atom stereocenters. The molecule has 0 spiro atoms. The van der Waals surface area contributed by atoms with Gasteiger partial charge in [-0.15, -0.1) is 0 Å². The molecular formula is C36H38F3N3O4S. The lowest BCUT2D eigenvalue weighted by Crippen LogP contribution is -2.54. The van der Waals surface area contributed by atoms with Gasteiger partial charge in [0.15, 0.2) is 0 Å². The van der Waals surface area contributed by atoms with Crippen molar-refractivity contribution < 1.29 is 31.2 Å². The summed E-state index contributed by atoms with van der Waals surface area (Å²) in [6.45, 7) is 6.31. The first-order chi connectivity index (χ1) is 22.1. The number of nitrogens with one attached hydrogen (secondary N) is 1. The lowest BCUT2D eigenvalue weighted by atomic mass is 10.0. The van der Waals surface area contributed by atoms with Crippen LogP contribution in [0.5, 0.6) is 0 Å². The molecule has 0 aromatic heterocycles. The van der Waals surface area contributed by atoms with Crippen molar-refractivity contribution in [3.8, 4) is 0 Å². The lowest BCUT2D eigenvalue weighted by Gasteiger charge is -2.34. The SMILES string of the molecule is Cc1ccc(S(=O)(=O)N(CC(=O)N(Cc2cccc(C)c2)C(Cc2ccccc2)C(=O)NC(C)C)c2cccc(C(F)(F)F)c2)cc1. The van der Waals surface area contributed by atoms with Crippen molar-refractivity contribution in [3.05, 3.63) is 131 Å². The van der Waals surface area contributed by atoms with Gasteiger partial charge >= 0.3 is 6.18 Å². The predicted octanol–water partition coefficient (Wildman–Crippen LogP) is 6.68. The van der Waals surface area contributed by atoms with E-state index in [-0.39, 0.29) is 29.6 Å². The highest BCUT2D eigenvalue weighted by atomic mass is 32.2. The van der Waals surface area contributed by atoms with Gasteiger partial charge in [0.25, 0.3) is 10.0 Å². The number of aryl methyl sites for hydroxylation is 2. The van der Waals surface area contributed by atoms with Crippen molar-refractivity contribution in [1.29, 1.82) is 0 Å². The first-order valence-electron chi connectivity index (χ1n) is 15.1. The maximum atomic E-state index is 14.5. The molecule has 0 fully saturated rings. The molecule has 0 radical (unpaired) electrons. The Morgan fingerprint density at radius 1 is 0.787 bits per heavy atom. The van der Waals surface area contributed by atoms with Crippen LogP contribution in [0.2, 0.25) is 0 Å². The van der Waals surface area contributed by atoms with E-state index in [1.165, 1.54) is 23.1 Å². The number of nitrogens with zero attached hydrogens (tertiary/aromatic N) is 2. The molecule has 0 saturated heterocycles. The zero-order valence-electron chi connectivity index (χ0n) is 26.7. The number of rotatable bonds is 12. The van der Waals surface area contributed by atoms with Gasteiger partial charge in [-0.25, -0.2) is 8.42 Å². The van der Waals surface area contributed by atoms with Gasteiger partial charge < -0.3 is 10.2 Å². The number of anilines is 1. The summed E-state index contributed by atoms with van der Waals surface area (Å²) in [5, 5.41) is 2.88. The van der Waals surface area contributed by atoms with Crippen LogP contribution in [0.15, 0.2) is 108 Å². The number of alkyl halides is 3. The fourth-order valence-corrected chi connectivity index (χ4v) is 6.55. The van der Waals surface area contributed by atoms with E-state index in [0.29, 0.717) is 15.9 Å². The van der Waals surface area contributed by atoms with Gasteiger partial charge in [0.05, 0.1) is 16.1 Å². The monoisotopic (exact) mass is 665 g/mol. The van der Waals surface area contributed by atoms with E-state index < -0.39 is 46.2 Å². The molecule has 1 N–H and O–H groups in total. The van der Waals surface area contributed by atoms with Gasteiger partial charge in [0.1, 0.15) is 12.6 Å². The summed E-state index contributed by atoms with van der Waals surface area (Å²) < 4.78 is 70.2. The third kappa shape index (κ3) is 9.22. The third-order valence-electron chi connectivity index (χ3n) is 7.49. The molecule has 0 aliphatic heterocycles. The minimum absolute atomic E-state index is 0.0511. The molecule has 0 bridgehead atoms. The van der Waals surface area contributed by atoms with Crippen LogP contribution in [0.25, 0.3) is 0 Å². The molecule has 0 aliphatic carbocycles. The molecule has 2 amide bonds. The minimum atomic E-state index is -4.76. The van der Waals surface area contributed by atoms with E-state index >= 15 is 0 Å². The van der Waals surface area contributed by atoms with E-state index in [2.05, 4.69) is 5.32 Å². The zero-order valence-corrected chi connectivity index (χ0v) is 27.5. The minimum Gasteiger partial charge on any atom is -0.352 e. The van der Waals surface area contributed by atoms with Crippen LogP contribution in [-0.2, 0) is 38.8 Å². The molecular weight excluding hydrogens is 627 g/mol. The number of amides is 2. The second-order valence-corrected chi connectivity index (χ2v) is 13.6. The Kier molecular flexibility index (Phi) is 11.1. The molecule has 0 heterocycles. The standard InChI is InChI=1S/C36H38F3N3O4S/c1-25(2)40-35(44)33(21-28-11-6-5-7-12-28)41(23-29-13-8-10-27(4)20-29)34(43)24-42(31-15-9-14-30(22-31)36(37,38)39)47(45,46)32-18-16-26(3)17-19-32/h5-20,22,25,33H,21,23-24H2,1-4H3,(H,40,44). The molecule has 4 rings (SSSR count). The van der Waals surface area contributed by atoms with Crippen LogP contribution in [0.3, 0.4) is 0 Å². The second kappa shape index (κ2) is 14.8. The Hall–Kier alpha value is -4.64. The van der Waals surface area contributed by atoms with Crippen molar-refractivity contribution in [2.24, 2.45) is 0 Å². The Morgan fingerprint density at radius 3 is 2.04 bits per heavy atom. The fraction of sp³-hybridized carbons (Fsp3) is 0.278. The highest BCUT2D eigenvalue weighted by molar-refractivity contribution is 7.92. The van der Waals surface area contributed by atoms with Crippen LogP contribution in [0.1, 0.15) is 41.7 Å². The average molecular weight is 666 g/mol. The summed E-state index contributed by atoms with van der Waals surface area (Å²) in [7, 11) is -4.55. The summed E-state index contributed by atoms with van der Waals surface area (Å²) in [6, 6.07) is 24.7. The van der Waals surface area contributed by atoms with Gasteiger partial charge in [0, 0.05) is 19.0 Å². The summed E-state index contributed by atoms with van der Waals surface area (Å²) in [6.07, 6.45) is -4.64. The Balaban J connectivity index is 1.85. The van der Waals surface area contributed by atoms with E-state index in [1.54, 1.807) is 39.0 Å². The van der Waals surface area contributed by atoms with Crippen molar-refractivity contribution in [2.45, 2.75) is 63.8 Å². The number of carbonyl (C=O) groups is 2. The van der Waals surface area contributed by atoms with E-state index in [9.17, 15) is 31.2 Å². The third-order valence-corrected chi connectivity index (χ3v) is 9.27. The molecule has 0 saturated carbocycles. The van der Waals surface area contributed by atoms with Gasteiger partial charge in [-0.2, -0.15) is 13.2 Å². The smallest absolute Gasteiger partial charge is 0.352 e. The van der Waals surface area contributed by atoms with Crippen LogP contribution in [0.4, 0.5) is 18.9 Å². The molecule has 11 heteroatoms. The van der Waals surface area contributed by atoms with Crippen molar-refractivity contribution >= 4 is 27.5 Å². The number of sulfonamides is 1. The maximum Gasteiger partial charge on any atom is 0.416 e. The van der Waals surface area contributed by atoms with Crippen molar-refractivity contribution in [2.75, 3.05) is 10.8 Å². The van der Waals surface area contributed by atoms with Gasteiger partial charge in [-0.1, -0.05) is 83.9 Å². The molecule has 248 valence electrons. The molecule has 4 aromatic carbocycles. The normalized spacial score (nSPS) is 12.4. The molecule has 47 heavy (non-hydrogen) atoms. The number of hydrogen-bond acceptors (Lipinski definition) is 4. The lowest BCUT2D eigenvalue weighted by molar-refractivity contribution is -0.140. The number of benzene rings is 4. The Bertz CT molecular complexity index is 1790. The molecule has 0 aliphatic rings. The maximum absolute atomic E-state index is 14.5. The quantitative estimate of drug-likeness (QED) is 0.183. The largest absolute Gasteiger partial charge is 0.416 e. The van der Waals surface area contributed by atoms with E-state index in [4.69, 9.17) is 0 Å². The number of carbonyl (C=O) groups excluding carboxylic acids is 2. The summed E-state index contributed by atoms with van der Waals surface area (Å²) in [4.78, 5) is 29.3. The Labute approximate surface area is 274 Å². The second-order valence-electron chi connectivity index (χ2n) is 11.8. The topological polar surface area (TPSA) is 86.8 Å². The van der Waals surface area contributed by atoms with Crippen LogP contribution < -0.4 is 9.62 Å². The summed E-state index contributed by atoms with van der Waals surface area (Å²) in [5.41, 5.74) is 1.74. The first kappa shape index (κ1) is 35.2. The van der Waals surface area contributed by atoms with Gasteiger partial charge in [-0.3, -0.25) is 13.9 Å². The van der Waals surface area contributed by atoms with Crippen molar-refractivity contribution in [1.82, 2.24) is 10.2 Å².